The summed E-state index contributed by atoms with van der Waals surface area (Å²) in [5.74, 6) is 0.645. The Labute approximate surface area is 86.9 Å². The number of para-hydroxylation sites is 1. The second-order valence-electron chi connectivity index (χ2n) is 3.89. The molecule has 2 N–H and O–H groups in total. The molecule has 0 atom stereocenters. The average molecular weight is 201 g/mol. The third kappa shape index (κ3) is 1.41. The van der Waals surface area contributed by atoms with Crippen molar-refractivity contribution in [3.05, 3.63) is 36.2 Å². The van der Waals surface area contributed by atoms with E-state index in [1.165, 1.54) is 4.80 Å². The average Bonchev–Trinajstić information content (AvgIpc) is 2.85. The molecule has 0 unspecified atom stereocenters. The lowest BCUT2D eigenvalue weighted by molar-refractivity contribution is 0.664. The second kappa shape index (κ2) is 2.87. The minimum Gasteiger partial charge on any atom is -0.319 e. The van der Waals surface area contributed by atoms with Crippen molar-refractivity contribution < 1.29 is 0 Å². The molecule has 0 amide bonds. The van der Waals surface area contributed by atoms with E-state index in [4.69, 9.17) is 5.73 Å². The van der Waals surface area contributed by atoms with Gasteiger partial charge in [-0.05, 0) is 30.2 Å². The first-order valence-corrected chi connectivity index (χ1v) is 4.93. The van der Waals surface area contributed by atoms with Crippen LogP contribution < -0.4 is 5.73 Å². The lowest BCUT2D eigenvalue weighted by Crippen LogP contribution is -2.20. The zero-order chi connectivity index (χ0) is 10.3. The summed E-state index contributed by atoms with van der Waals surface area (Å²) in [5, 5.41) is 12.3. The predicted molar refractivity (Wildman–Crippen MR) is 54.3 cm³/mol. The number of nitrogens with two attached hydrogens (primary N) is 1. The van der Waals surface area contributed by atoms with Crippen molar-refractivity contribution in [2.45, 2.75) is 18.4 Å². The lowest BCUT2D eigenvalue weighted by Gasteiger charge is -1.99. The van der Waals surface area contributed by atoms with Crippen LogP contribution in [0.1, 0.15) is 18.7 Å². The Morgan fingerprint density at radius 1 is 1.20 bits per heavy atom. The zero-order valence-corrected chi connectivity index (χ0v) is 8.17. The molecule has 1 fully saturated rings. The molecule has 0 spiro atoms. The van der Waals surface area contributed by atoms with Gasteiger partial charge < -0.3 is 5.73 Å². The van der Waals surface area contributed by atoms with Crippen LogP contribution in [0.5, 0.6) is 0 Å². The van der Waals surface area contributed by atoms with Crippen LogP contribution in [-0.2, 0) is 5.54 Å². The summed E-state index contributed by atoms with van der Waals surface area (Å²) in [6.45, 7) is 0. The maximum atomic E-state index is 5.98. The molecule has 1 saturated carbocycles. The molecule has 0 saturated heterocycles. The molecule has 1 aliphatic carbocycles. The quantitative estimate of drug-likeness (QED) is 0.772. The van der Waals surface area contributed by atoms with Crippen LogP contribution in [0.4, 0.5) is 0 Å². The maximum Gasteiger partial charge on any atom is 0.194 e. The van der Waals surface area contributed by atoms with Crippen LogP contribution in [0.2, 0.25) is 0 Å². The molecule has 1 heterocycles. The highest BCUT2D eigenvalue weighted by molar-refractivity contribution is 5.28. The van der Waals surface area contributed by atoms with E-state index in [0.717, 1.165) is 18.5 Å². The monoisotopic (exact) mass is 201 g/mol. The smallest absolute Gasteiger partial charge is 0.194 e. The van der Waals surface area contributed by atoms with Crippen molar-refractivity contribution in [1.82, 2.24) is 20.2 Å². The summed E-state index contributed by atoms with van der Waals surface area (Å²) in [7, 11) is 0. The molecule has 5 nitrogen and oxygen atoms in total. The summed E-state index contributed by atoms with van der Waals surface area (Å²) < 4.78 is 0. The highest BCUT2D eigenvalue weighted by Crippen LogP contribution is 2.40. The summed E-state index contributed by atoms with van der Waals surface area (Å²) in [5.41, 5.74) is 6.57. The van der Waals surface area contributed by atoms with Crippen LogP contribution in [0.25, 0.3) is 5.69 Å². The van der Waals surface area contributed by atoms with Crippen molar-refractivity contribution >= 4 is 0 Å². The van der Waals surface area contributed by atoms with Gasteiger partial charge in [-0.2, -0.15) is 0 Å². The SMILES string of the molecule is NC1(c2nnn(-c3ccccc3)n2)CC1. The summed E-state index contributed by atoms with van der Waals surface area (Å²) in [6, 6.07) is 9.69. The van der Waals surface area contributed by atoms with E-state index in [0.29, 0.717) is 5.82 Å². The van der Waals surface area contributed by atoms with E-state index < -0.39 is 0 Å². The Morgan fingerprint density at radius 2 is 1.93 bits per heavy atom. The van der Waals surface area contributed by atoms with Gasteiger partial charge >= 0.3 is 0 Å². The van der Waals surface area contributed by atoms with E-state index in [1.54, 1.807) is 0 Å². The van der Waals surface area contributed by atoms with Gasteiger partial charge in [0, 0.05) is 0 Å². The van der Waals surface area contributed by atoms with Gasteiger partial charge in [0.1, 0.15) is 0 Å². The molecular formula is C10H11N5. The Balaban J connectivity index is 1.97. The highest BCUT2D eigenvalue weighted by Gasteiger charge is 2.44. The van der Waals surface area contributed by atoms with Crippen molar-refractivity contribution in [3.63, 3.8) is 0 Å². The third-order valence-corrected chi connectivity index (χ3v) is 2.63. The normalized spacial score (nSPS) is 17.7. The topological polar surface area (TPSA) is 69.6 Å². The van der Waals surface area contributed by atoms with Gasteiger partial charge in [0.25, 0.3) is 0 Å². The second-order valence-corrected chi connectivity index (χ2v) is 3.89. The molecule has 5 heteroatoms. The molecule has 76 valence electrons. The van der Waals surface area contributed by atoms with Crippen molar-refractivity contribution in [3.8, 4) is 5.69 Å². The Kier molecular flexibility index (Phi) is 1.63. The molecule has 3 rings (SSSR count). The number of nitrogens with zero attached hydrogens (tertiary/aromatic N) is 4. The molecule has 0 radical (unpaired) electrons. The van der Waals surface area contributed by atoms with Gasteiger partial charge in [0.2, 0.25) is 0 Å². The largest absolute Gasteiger partial charge is 0.319 e. The van der Waals surface area contributed by atoms with Gasteiger partial charge in [0.05, 0.1) is 11.2 Å². The summed E-state index contributed by atoms with van der Waals surface area (Å²) in [6.07, 6.45) is 1.90. The first kappa shape index (κ1) is 8.55. The Hall–Kier alpha value is -1.75. The summed E-state index contributed by atoms with van der Waals surface area (Å²) >= 11 is 0. The van der Waals surface area contributed by atoms with E-state index in [-0.39, 0.29) is 5.54 Å². The number of hydrogen-bond acceptors (Lipinski definition) is 4. The number of rotatable bonds is 2. The molecule has 2 aromatic rings. The zero-order valence-electron chi connectivity index (χ0n) is 8.17. The molecule has 0 aliphatic heterocycles. The first-order valence-electron chi connectivity index (χ1n) is 4.93. The molecule has 1 aliphatic rings. The minimum absolute atomic E-state index is 0.312. The molecule has 0 bridgehead atoms. The van der Waals surface area contributed by atoms with E-state index in [2.05, 4.69) is 15.4 Å². The number of tetrazole rings is 1. The fourth-order valence-corrected chi connectivity index (χ4v) is 1.44. The minimum atomic E-state index is -0.312. The predicted octanol–water partition coefficient (Wildman–Crippen LogP) is 0.610. The van der Waals surface area contributed by atoms with Gasteiger partial charge in [-0.3, -0.25) is 0 Å². The van der Waals surface area contributed by atoms with Crippen LogP contribution in [0, 0.1) is 0 Å². The lowest BCUT2D eigenvalue weighted by atomic mass is 10.3. The van der Waals surface area contributed by atoms with Crippen molar-refractivity contribution in [2.75, 3.05) is 0 Å². The molecule has 1 aromatic carbocycles. The van der Waals surface area contributed by atoms with E-state index in [9.17, 15) is 0 Å². The van der Waals surface area contributed by atoms with E-state index >= 15 is 0 Å². The number of hydrogen-bond donors (Lipinski definition) is 1. The third-order valence-electron chi connectivity index (χ3n) is 2.63. The first-order chi connectivity index (χ1) is 7.28. The van der Waals surface area contributed by atoms with Gasteiger partial charge in [0.15, 0.2) is 5.82 Å². The van der Waals surface area contributed by atoms with Crippen LogP contribution in [0.15, 0.2) is 30.3 Å². The van der Waals surface area contributed by atoms with Gasteiger partial charge in [-0.25, -0.2) is 0 Å². The van der Waals surface area contributed by atoms with Gasteiger partial charge in [-0.15, -0.1) is 15.0 Å². The fraction of sp³-hybridized carbons (Fsp3) is 0.300. The fourth-order valence-electron chi connectivity index (χ4n) is 1.44. The number of aromatic nitrogens is 4. The van der Waals surface area contributed by atoms with Crippen LogP contribution >= 0.6 is 0 Å². The van der Waals surface area contributed by atoms with Crippen LogP contribution in [0.3, 0.4) is 0 Å². The standard InChI is InChI=1S/C10H11N5/c11-10(6-7-10)9-12-14-15(13-9)8-4-2-1-3-5-8/h1-5H,6-7,11H2. The summed E-state index contributed by atoms with van der Waals surface area (Å²) in [4.78, 5) is 1.52. The van der Waals surface area contributed by atoms with Crippen molar-refractivity contribution in [2.24, 2.45) is 5.73 Å². The van der Waals surface area contributed by atoms with Crippen LogP contribution in [-0.4, -0.2) is 20.2 Å². The molecule has 1 aromatic heterocycles. The Morgan fingerprint density at radius 3 is 2.60 bits per heavy atom. The molecule has 15 heavy (non-hydrogen) atoms. The molecular weight excluding hydrogens is 190 g/mol. The van der Waals surface area contributed by atoms with Crippen molar-refractivity contribution in [1.29, 1.82) is 0 Å². The number of benzene rings is 1. The maximum absolute atomic E-state index is 5.98. The Bertz CT molecular complexity index is 472. The van der Waals surface area contributed by atoms with E-state index in [1.807, 2.05) is 30.3 Å². The highest BCUT2D eigenvalue weighted by atomic mass is 15.6. The van der Waals surface area contributed by atoms with Gasteiger partial charge in [-0.1, -0.05) is 18.2 Å².